The van der Waals surface area contributed by atoms with Crippen LogP contribution in [0.15, 0.2) is 11.8 Å². The van der Waals surface area contributed by atoms with Gasteiger partial charge in [-0.2, -0.15) is 0 Å². The molecule has 0 radical (unpaired) electrons. The van der Waals surface area contributed by atoms with Crippen LogP contribution in [0.1, 0.15) is 39.0 Å². The van der Waals surface area contributed by atoms with E-state index < -0.39 is 24.4 Å². The zero-order valence-electron chi connectivity index (χ0n) is 11.8. The summed E-state index contributed by atoms with van der Waals surface area (Å²) in [6, 6.07) is 0. The van der Waals surface area contributed by atoms with Crippen molar-refractivity contribution in [2.24, 2.45) is 0 Å². The Morgan fingerprint density at radius 3 is 2.76 bits per heavy atom. The number of ketones is 1. The SMILES string of the molecule is CCCCCCC1OC2OC(=O)N(C(=O)CCl)C2=CC1=O. The van der Waals surface area contributed by atoms with Gasteiger partial charge in [0.25, 0.3) is 5.91 Å². The zero-order chi connectivity index (χ0) is 15.4. The second-order valence-corrected chi connectivity index (χ2v) is 5.29. The molecule has 116 valence electrons. The molecule has 2 atom stereocenters. The van der Waals surface area contributed by atoms with E-state index in [1.165, 1.54) is 6.08 Å². The Labute approximate surface area is 128 Å². The van der Waals surface area contributed by atoms with Gasteiger partial charge in [-0.1, -0.05) is 32.6 Å². The largest absolute Gasteiger partial charge is 0.423 e. The Morgan fingerprint density at radius 1 is 1.33 bits per heavy atom. The first-order chi connectivity index (χ1) is 10.1. The summed E-state index contributed by atoms with van der Waals surface area (Å²) in [5, 5.41) is 0. The van der Waals surface area contributed by atoms with Gasteiger partial charge in [-0.25, -0.2) is 9.69 Å². The molecule has 2 amide bonds. The van der Waals surface area contributed by atoms with Gasteiger partial charge in [-0.3, -0.25) is 9.59 Å². The van der Waals surface area contributed by atoms with E-state index in [1.807, 2.05) is 0 Å². The quantitative estimate of drug-likeness (QED) is 0.555. The van der Waals surface area contributed by atoms with Crippen LogP contribution in [0.4, 0.5) is 4.79 Å². The number of amides is 2. The van der Waals surface area contributed by atoms with Crippen molar-refractivity contribution in [1.82, 2.24) is 4.90 Å². The minimum Gasteiger partial charge on any atom is -0.413 e. The second kappa shape index (κ2) is 7.04. The number of carbonyl (C=O) groups is 3. The predicted molar refractivity (Wildman–Crippen MR) is 74.6 cm³/mol. The third kappa shape index (κ3) is 3.44. The molecule has 0 bridgehead atoms. The van der Waals surface area contributed by atoms with E-state index in [9.17, 15) is 14.4 Å². The standard InChI is InChI=1S/C14H18ClNO5/c1-2-3-4-5-6-11-10(17)7-9-13(20-11)21-14(19)16(9)12(18)8-15/h7,11,13H,2-6,8H2,1H3. The van der Waals surface area contributed by atoms with Crippen LogP contribution in [-0.2, 0) is 19.1 Å². The summed E-state index contributed by atoms with van der Waals surface area (Å²) in [5.41, 5.74) is 0.125. The van der Waals surface area contributed by atoms with Gasteiger partial charge in [0, 0.05) is 6.08 Å². The van der Waals surface area contributed by atoms with E-state index in [0.717, 1.165) is 30.6 Å². The van der Waals surface area contributed by atoms with Crippen LogP contribution < -0.4 is 0 Å². The van der Waals surface area contributed by atoms with Gasteiger partial charge in [0.2, 0.25) is 6.29 Å². The summed E-state index contributed by atoms with van der Waals surface area (Å²) in [6.07, 6.45) is 3.51. The fourth-order valence-electron chi connectivity index (χ4n) is 2.37. The van der Waals surface area contributed by atoms with Crippen LogP contribution in [-0.4, -0.2) is 41.0 Å². The number of unbranched alkanes of at least 4 members (excludes halogenated alkanes) is 3. The van der Waals surface area contributed by atoms with Gasteiger partial charge >= 0.3 is 6.09 Å². The molecule has 0 spiro atoms. The lowest BCUT2D eigenvalue weighted by atomic mass is 10.0. The van der Waals surface area contributed by atoms with Gasteiger partial charge in [-0.15, -0.1) is 11.6 Å². The normalized spacial score (nSPS) is 24.7. The molecule has 0 saturated carbocycles. The number of fused-ring (bicyclic) bond motifs is 1. The summed E-state index contributed by atoms with van der Waals surface area (Å²) in [6.45, 7) is 2.11. The van der Waals surface area contributed by atoms with Gasteiger partial charge in [0.1, 0.15) is 17.7 Å². The summed E-state index contributed by atoms with van der Waals surface area (Å²) in [4.78, 5) is 36.0. The number of ether oxygens (including phenoxy) is 2. The van der Waals surface area contributed by atoms with Crippen molar-refractivity contribution in [3.05, 3.63) is 11.8 Å². The Hall–Kier alpha value is -1.40. The second-order valence-electron chi connectivity index (χ2n) is 5.02. The van der Waals surface area contributed by atoms with Gasteiger partial charge in [-0.05, 0) is 6.42 Å². The summed E-state index contributed by atoms with van der Waals surface area (Å²) >= 11 is 5.44. The number of carbonyl (C=O) groups excluding carboxylic acids is 3. The fourth-order valence-corrected chi connectivity index (χ4v) is 2.49. The van der Waals surface area contributed by atoms with Crippen LogP contribution in [0.2, 0.25) is 0 Å². The lowest BCUT2D eigenvalue weighted by Gasteiger charge is -2.24. The molecule has 0 aliphatic carbocycles. The van der Waals surface area contributed by atoms with Crippen molar-refractivity contribution in [3.8, 4) is 0 Å². The summed E-state index contributed by atoms with van der Waals surface area (Å²) < 4.78 is 10.5. The Bertz CT molecular complexity index is 476. The average Bonchev–Trinajstić information content (AvgIpc) is 2.78. The smallest absolute Gasteiger partial charge is 0.413 e. The monoisotopic (exact) mass is 315 g/mol. The van der Waals surface area contributed by atoms with Crippen molar-refractivity contribution in [2.45, 2.75) is 51.4 Å². The number of nitrogens with zero attached hydrogens (tertiary/aromatic N) is 1. The molecule has 6 nitrogen and oxygen atoms in total. The summed E-state index contributed by atoms with van der Waals surface area (Å²) in [5.74, 6) is -1.25. The molecule has 0 aromatic carbocycles. The van der Waals surface area contributed by atoms with Gasteiger partial charge in [0.15, 0.2) is 5.78 Å². The molecule has 0 aromatic heterocycles. The highest BCUT2D eigenvalue weighted by atomic mass is 35.5. The zero-order valence-corrected chi connectivity index (χ0v) is 12.6. The Kier molecular flexibility index (Phi) is 5.36. The molecule has 0 aromatic rings. The molecule has 0 N–H and O–H groups in total. The van der Waals surface area contributed by atoms with E-state index in [4.69, 9.17) is 21.1 Å². The van der Waals surface area contributed by atoms with Gasteiger partial charge < -0.3 is 9.47 Å². The third-order valence-corrected chi connectivity index (χ3v) is 3.70. The third-order valence-electron chi connectivity index (χ3n) is 3.47. The molecule has 2 aliphatic heterocycles. The van der Waals surface area contributed by atoms with Crippen molar-refractivity contribution < 1.29 is 23.9 Å². The number of hydrogen-bond acceptors (Lipinski definition) is 5. The molecule has 1 saturated heterocycles. The molecular formula is C14H18ClNO5. The van der Waals surface area contributed by atoms with Crippen LogP contribution in [0.5, 0.6) is 0 Å². The first-order valence-electron chi connectivity index (χ1n) is 7.09. The molecule has 7 heteroatoms. The number of rotatable bonds is 6. The minimum atomic E-state index is -0.987. The van der Waals surface area contributed by atoms with Crippen LogP contribution in [0.3, 0.4) is 0 Å². The number of imide groups is 1. The first kappa shape index (κ1) is 16.0. The lowest BCUT2D eigenvalue weighted by Crippen LogP contribution is -2.38. The molecular weight excluding hydrogens is 298 g/mol. The predicted octanol–water partition coefficient (Wildman–Crippen LogP) is 2.35. The van der Waals surface area contributed by atoms with Gasteiger partial charge in [0.05, 0.1) is 0 Å². The fraction of sp³-hybridized carbons (Fsp3) is 0.643. The van der Waals surface area contributed by atoms with Crippen molar-refractivity contribution in [3.63, 3.8) is 0 Å². The van der Waals surface area contributed by atoms with E-state index in [2.05, 4.69) is 6.92 Å². The highest BCUT2D eigenvalue weighted by molar-refractivity contribution is 6.28. The van der Waals surface area contributed by atoms with Crippen LogP contribution in [0.25, 0.3) is 0 Å². The van der Waals surface area contributed by atoms with Crippen LogP contribution in [0, 0.1) is 0 Å². The van der Waals surface area contributed by atoms with Crippen LogP contribution >= 0.6 is 11.6 Å². The van der Waals surface area contributed by atoms with E-state index in [-0.39, 0.29) is 17.4 Å². The maximum Gasteiger partial charge on any atom is 0.423 e. The highest BCUT2D eigenvalue weighted by Crippen LogP contribution is 2.30. The number of hydrogen-bond donors (Lipinski definition) is 0. The molecule has 2 heterocycles. The molecule has 2 unspecified atom stereocenters. The number of alkyl halides is 1. The maximum atomic E-state index is 12.0. The van der Waals surface area contributed by atoms with Crippen molar-refractivity contribution >= 4 is 29.4 Å². The summed E-state index contributed by atoms with van der Waals surface area (Å²) in [7, 11) is 0. The van der Waals surface area contributed by atoms with E-state index in [0.29, 0.717) is 6.42 Å². The van der Waals surface area contributed by atoms with E-state index >= 15 is 0 Å². The molecule has 2 aliphatic rings. The molecule has 1 fully saturated rings. The lowest BCUT2D eigenvalue weighted by molar-refractivity contribution is -0.147. The first-order valence-corrected chi connectivity index (χ1v) is 7.62. The van der Waals surface area contributed by atoms with E-state index in [1.54, 1.807) is 0 Å². The highest BCUT2D eigenvalue weighted by Gasteiger charge is 2.46. The van der Waals surface area contributed by atoms with Crippen molar-refractivity contribution in [1.29, 1.82) is 0 Å². The number of halogens is 1. The maximum absolute atomic E-state index is 12.0. The molecule has 21 heavy (non-hydrogen) atoms. The Balaban J connectivity index is 2.03. The molecule has 2 rings (SSSR count). The average molecular weight is 316 g/mol. The topological polar surface area (TPSA) is 72.9 Å². The minimum absolute atomic E-state index is 0.125. The Morgan fingerprint density at radius 2 is 2.10 bits per heavy atom. The van der Waals surface area contributed by atoms with Crippen molar-refractivity contribution in [2.75, 3.05) is 5.88 Å².